The molecule has 2 aliphatic rings. The summed E-state index contributed by atoms with van der Waals surface area (Å²) in [5, 5.41) is 11.9. The van der Waals surface area contributed by atoms with Crippen LogP contribution in [-0.4, -0.2) is 67.9 Å². The van der Waals surface area contributed by atoms with Gasteiger partial charge in [0.1, 0.15) is 0 Å². The lowest BCUT2D eigenvalue weighted by molar-refractivity contribution is 0.0606. The molecule has 4 rings (SSSR count). The summed E-state index contributed by atoms with van der Waals surface area (Å²) in [4.78, 5) is 17.1. The molecule has 2 aromatic heterocycles. The van der Waals surface area contributed by atoms with Gasteiger partial charge in [0.25, 0.3) is 5.91 Å². The van der Waals surface area contributed by atoms with E-state index >= 15 is 0 Å². The van der Waals surface area contributed by atoms with Gasteiger partial charge in [0, 0.05) is 37.6 Å². The quantitative estimate of drug-likeness (QED) is 0.839. The van der Waals surface area contributed by atoms with E-state index in [1.54, 1.807) is 18.5 Å². The molecule has 0 spiro atoms. The lowest BCUT2D eigenvalue weighted by Gasteiger charge is -2.37. The molecule has 0 N–H and O–H groups in total. The lowest BCUT2D eigenvalue weighted by Crippen LogP contribution is -2.47. The average molecular weight is 326 g/mol. The summed E-state index contributed by atoms with van der Waals surface area (Å²) in [7, 11) is 2.21. The van der Waals surface area contributed by atoms with E-state index in [2.05, 4.69) is 27.2 Å². The summed E-state index contributed by atoms with van der Waals surface area (Å²) >= 11 is 0. The Morgan fingerprint density at radius 3 is 3.00 bits per heavy atom. The summed E-state index contributed by atoms with van der Waals surface area (Å²) in [6.07, 6.45) is 9.10. The number of likely N-dealkylation sites (tertiary alicyclic amines) is 2. The highest BCUT2D eigenvalue weighted by Gasteiger charge is 2.43. The molecule has 2 saturated heterocycles. The van der Waals surface area contributed by atoms with Gasteiger partial charge >= 0.3 is 0 Å². The number of aromatic nitrogens is 4. The van der Waals surface area contributed by atoms with Crippen molar-refractivity contribution in [2.75, 3.05) is 20.1 Å². The van der Waals surface area contributed by atoms with Crippen molar-refractivity contribution < 1.29 is 4.79 Å². The molecule has 0 saturated carbocycles. The number of carbonyl (C=O) groups is 1. The SMILES string of the molecule is CN1[C@H](Cn2cccn2)C[C@@H]2CN(C(=O)c3ccnnc3)CC[C@@H]21. The van der Waals surface area contributed by atoms with E-state index in [-0.39, 0.29) is 5.91 Å². The van der Waals surface area contributed by atoms with Gasteiger partial charge in [-0.1, -0.05) is 0 Å². The van der Waals surface area contributed by atoms with E-state index in [0.29, 0.717) is 23.6 Å². The molecule has 0 bridgehead atoms. The van der Waals surface area contributed by atoms with Gasteiger partial charge in [-0.3, -0.25) is 14.4 Å². The third-order valence-corrected chi connectivity index (χ3v) is 5.44. The molecule has 7 nitrogen and oxygen atoms in total. The molecule has 7 heteroatoms. The van der Waals surface area contributed by atoms with E-state index in [4.69, 9.17) is 0 Å². The van der Waals surface area contributed by atoms with E-state index in [1.165, 1.54) is 0 Å². The Kier molecular flexibility index (Phi) is 4.02. The van der Waals surface area contributed by atoms with Gasteiger partial charge in [0.15, 0.2) is 0 Å². The van der Waals surface area contributed by atoms with Crippen LogP contribution in [-0.2, 0) is 6.54 Å². The molecular formula is C17H22N6O. The van der Waals surface area contributed by atoms with Gasteiger partial charge in [-0.15, -0.1) is 0 Å². The fraction of sp³-hybridized carbons (Fsp3) is 0.529. The van der Waals surface area contributed by atoms with Gasteiger partial charge < -0.3 is 4.90 Å². The summed E-state index contributed by atoms with van der Waals surface area (Å²) in [6.45, 7) is 2.55. The van der Waals surface area contributed by atoms with Crippen molar-refractivity contribution >= 4 is 5.91 Å². The first kappa shape index (κ1) is 15.3. The number of amides is 1. The first-order chi connectivity index (χ1) is 11.7. The summed E-state index contributed by atoms with van der Waals surface area (Å²) in [6, 6.07) is 4.75. The number of likely N-dealkylation sites (N-methyl/N-ethyl adjacent to an activating group) is 1. The zero-order valence-corrected chi connectivity index (χ0v) is 13.8. The molecule has 2 aliphatic heterocycles. The molecule has 0 aliphatic carbocycles. The molecule has 4 heterocycles. The summed E-state index contributed by atoms with van der Waals surface area (Å²) in [5.41, 5.74) is 0.628. The number of carbonyl (C=O) groups excluding carboxylic acids is 1. The number of nitrogens with zero attached hydrogens (tertiary/aromatic N) is 6. The van der Waals surface area contributed by atoms with Crippen molar-refractivity contribution in [3.05, 3.63) is 42.5 Å². The minimum Gasteiger partial charge on any atom is -0.338 e. The van der Waals surface area contributed by atoms with Crippen molar-refractivity contribution in [2.45, 2.75) is 31.5 Å². The Bertz CT molecular complexity index is 688. The van der Waals surface area contributed by atoms with Gasteiger partial charge in [-0.2, -0.15) is 15.3 Å². The minimum absolute atomic E-state index is 0.0709. The third kappa shape index (κ3) is 2.80. The Balaban J connectivity index is 1.43. The smallest absolute Gasteiger partial charge is 0.255 e. The fourth-order valence-corrected chi connectivity index (χ4v) is 4.19. The second kappa shape index (κ2) is 6.32. The Morgan fingerprint density at radius 1 is 1.33 bits per heavy atom. The molecule has 2 aromatic rings. The van der Waals surface area contributed by atoms with Crippen LogP contribution in [0.4, 0.5) is 0 Å². The maximum absolute atomic E-state index is 12.6. The normalized spacial score (nSPS) is 27.2. The zero-order valence-electron chi connectivity index (χ0n) is 13.8. The molecule has 0 unspecified atom stereocenters. The van der Waals surface area contributed by atoms with Crippen LogP contribution >= 0.6 is 0 Å². The second-order valence-corrected chi connectivity index (χ2v) is 6.78. The third-order valence-electron chi connectivity index (χ3n) is 5.44. The highest BCUT2D eigenvalue weighted by molar-refractivity contribution is 5.93. The Labute approximate surface area is 141 Å². The maximum Gasteiger partial charge on any atom is 0.255 e. The fourth-order valence-electron chi connectivity index (χ4n) is 4.19. The van der Waals surface area contributed by atoms with Crippen LogP contribution in [0.3, 0.4) is 0 Å². The number of fused-ring (bicyclic) bond motifs is 1. The molecule has 126 valence electrons. The number of hydrogen-bond acceptors (Lipinski definition) is 5. The van der Waals surface area contributed by atoms with Crippen molar-refractivity contribution in [1.82, 2.24) is 29.8 Å². The molecule has 0 aromatic carbocycles. The topological polar surface area (TPSA) is 67.2 Å². The number of hydrogen-bond donors (Lipinski definition) is 0. The molecule has 0 radical (unpaired) electrons. The minimum atomic E-state index is 0.0709. The van der Waals surface area contributed by atoms with E-state index in [1.807, 2.05) is 28.0 Å². The van der Waals surface area contributed by atoms with Gasteiger partial charge in [0.05, 0.1) is 24.5 Å². The maximum atomic E-state index is 12.6. The van der Waals surface area contributed by atoms with Crippen molar-refractivity contribution in [2.24, 2.45) is 5.92 Å². The Morgan fingerprint density at radius 2 is 2.25 bits per heavy atom. The first-order valence-electron chi connectivity index (χ1n) is 8.47. The van der Waals surface area contributed by atoms with Crippen molar-refractivity contribution in [3.63, 3.8) is 0 Å². The highest BCUT2D eigenvalue weighted by atomic mass is 16.2. The molecule has 3 atom stereocenters. The van der Waals surface area contributed by atoms with Gasteiger partial charge in [0.2, 0.25) is 0 Å². The van der Waals surface area contributed by atoms with E-state index in [9.17, 15) is 4.79 Å². The summed E-state index contributed by atoms with van der Waals surface area (Å²) in [5.74, 6) is 0.601. The Hall–Kier alpha value is -2.28. The zero-order chi connectivity index (χ0) is 16.5. The van der Waals surface area contributed by atoms with E-state index in [0.717, 1.165) is 32.5 Å². The second-order valence-electron chi connectivity index (χ2n) is 6.78. The molecule has 24 heavy (non-hydrogen) atoms. The largest absolute Gasteiger partial charge is 0.338 e. The first-order valence-corrected chi connectivity index (χ1v) is 8.47. The average Bonchev–Trinajstić information content (AvgIpc) is 3.24. The predicted octanol–water partition coefficient (Wildman–Crippen LogP) is 0.908. The van der Waals surface area contributed by atoms with Crippen LogP contribution in [0, 0.1) is 5.92 Å². The van der Waals surface area contributed by atoms with E-state index < -0.39 is 0 Å². The lowest BCUT2D eigenvalue weighted by atomic mass is 9.92. The van der Waals surface area contributed by atoms with Crippen LogP contribution < -0.4 is 0 Å². The molecule has 1 amide bonds. The van der Waals surface area contributed by atoms with Crippen LogP contribution in [0.1, 0.15) is 23.2 Å². The van der Waals surface area contributed by atoms with Crippen molar-refractivity contribution in [3.8, 4) is 0 Å². The summed E-state index contributed by atoms with van der Waals surface area (Å²) < 4.78 is 2.00. The van der Waals surface area contributed by atoms with Crippen LogP contribution in [0.25, 0.3) is 0 Å². The van der Waals surface area contributed by atoms with Crippen LogP contribution in [0.2, 0.25) is 0 Å². The van der Waals surface area contributed by atoms with Crippen LogP contribution in [0.15, 0.2) is 36.9 Å². The van der Waals surface area contributed by atoms with Crippen molar-refractivity contribution in [1.29, 1.82) is 0 Å². The molecular weight excluding hydrogens is 304 g/mol. The molecule has 2 fully saturated rings. The standard InChI is InChI=1S/C17H22N6O/c1-21-15(12-23-7-2-5-20-23)9-14-11-22(8-4-16(14)21)17(24)13-3-6-18-19-10-13/h2-3,5-7,10,14-16H,4,8-9,11-12H2,1H3/t14-,15+,16+/m1/s1. The van der Waals surface area contributed by atoms with Gasteiger partial charge in [-0.25, -0.2) is 0 Å². The monoisotopic (exact) mass is 326 g/mol. The number of piperidine rings is 1. The van der Waals surface area contributed by atoms with Gasteiger partial charge in [-0.05, 0) is 37.9 Å². The predicted molar refractivity (Wildman–Crippen MR) is 88.2 cm³/mol. The number of rotatable bonds is 3. The van der Waals surface area contributed by atoms with Crippen LogP contribution in [0.5, 0.6) is 0 Å². The highest BCUT2D eigenvalue weighted by Crippen LogP contribution is 2.35.